The first-order valence-corrected chi connectivity index (χ1v) is 8.39. The summed E-state index contributed by atoms with van der Waals surface area (Å²) in [6.45, 7) is 9.86. The van der Waals surface area contributed by atoms with E-state index in [4.69, 9.17) is 4.52 Å². The molecule has 0 aliphatic carbocycles. The number of aromatic nitrogens is 2. The van der Waals surface area contributed by atoms with Crippen LogP contribution in [0.5, 0.6) is 0 Å². The van der Waals surface area contributed by atoms with Crippen molar-refractivity contribution in [3.05, 3.63) is 47.1 Å². The normalized spacial score (nSPS) is 17.0. The zero-order valence-electron chi connectivity index (χ0n) is 14.5. The van der Waals surface area contributed by atoms with Crippen molar-refractivity contribution < 1.29 is 9.32 Å². The first-order valence-electron chi connectivity index (χ1n) is 8.39. The molecule has 1 amide bonds. The summed E-state index contributed by atoms with van der Waals surface area (Å²) in [5, 5.41) is 3.96. The SMILES string of the molecule is Cc1noc(C)c1C(C)C(=O)N1CCN(Cc2cccnc2)CC1. The summed E-state index contributed by atoms with van der Waals surface area (Å²) in [5.41, 5.74) is 2.95. The fraction of sp³-hybridized carbons (Fsp3) is 0.500. The van der Waals surface area contributed by atoms with Crippen molar-refractivity contribution in [3.8, 4) is 0 Å². The van der Waals surface area contributed by atoms with Crippen molar-refractivity contribution in [2.45, 2.75) is 33.2 Å². The van der Waals surface area contributed by atoms with E-state index < -0.39 is 0 Å². The van der Waals surface area contributed by atoms with E-state index in [1.54, 1.807) is 6.20 Å². The first-order chi connectivity index (χ1) is 11.6. The number of piperazine rings is 1. The van der Waals surface area contributed by atoms with E-state index in [1.807, 2.05) is 37.9 Å². The molecule has 0 bridgehead atoms. The molecule has 0 spiro atoms. The van der Waals surface area contributed by atoms with Gasteiger partial charge >= 0.3 is 0 Å². The lowest BCUT2D eigenvalue weighted by atomic mass is 9.97. The van der Waals surface area contributed by atoms with Gasteiger partial charge in [-0.25, -0.2) is 0 Å². The molecule has 1 fully saturated rings. The van der Waals surface area contributed by atoms with E-state index in [0.717, 1.165) is 49.7 Å². The number of amides is 1. The zero-order chi connectivity index (χ0) is 17.1. The van der Waals surface area contributed by atoms with Gasteiger partial charge in [-0.2, -0.15) is 0 Å². The second-order valence-corrected chi connectivity index (χ2v) is 6.42. The van der Waals surface area contributed by atoms with Crippen LogP contribution < -0.4 is 0 Å². The lowest BCUT2D eigenvalue weighted by Crippen LogP contribution is -2.49. The van der Waals surface area contributed by atoms with Crippen LogP contribution in [0.4, 0.5) is 0 Å². The average Bonchev–Trinajstić information content (AvgIpc) is 2.94. The average molecular weight is 328 g/mol. The molecule has 1 aliphatic rings. The summed E-state index contributed by atoms with van der Waals surface area (Å²) in [7, 11) is 0. The topological polar surface area (TPSA) is 62.5 Å². The minimum Gasteiger partial charge on any atom is -0.361 e. The van der Waals surface area contributed by atoms with Crippen molar-refractivity contribution in [2.75, 3.05) is 26.2 Å². The molecule has 6 heteroatoms. The predicted octanol–water partition coefficient (Wildman–Crippen LogP) is 2.13. The quantitative estimate of drug-likeness (QED) is 0.860. The monoisotopic (exact) mass is 328 g/mol. The van der Waals surface area contributed by atoms with Gasteiger partial charge in [-0.1, -0.05) is 11.2 Å². The fourth-order valence-corrected chi connectivity index (χ4v) is 3.38. The predicted molar refractivity (Wildman–Crippen MR) is 90.5 cm³/mol. The van der Waals surface area contributed by atoms with Gasteiger partial charge in [-0.3, -0.25) is 14.7 Å². The Morgan fingerprint density at radius 2 is 2.04 bits per heavy atom. The Morgan fingerprint density at radius 3 is 2.62 bits per heavy atom. The van der Waals surface area contributed by atoms with Gasteiger partial charge in [0.25, 0.3) is 0 Å². The molecular formula is C18H24N4O2. The lowest BCUT2D eigenvalue weighted by Gasteiger charge is -2.36. The smallest absolute Gasteiger partial charge is 0.230 e. The van der Waals surface area contributed by atoms with Crippen LogP contribution in [-0.2, 0) is 11.3 Å². The largest absolute Gasteiger partial charge is 0.361 e. The third-order valence-corrected chi connectivity index (χ3v) is 4.70. The van der Waals surface area contributed by atoms with Gasteiger partial charge in [0.05, 0.1) is 11.6 Å². The molecule has 3 heterocycles. The van der Waals surface area contributed by atoms with Gasteiger partial charge < -0.3 is 9.42 Å². The van der Waals surface area contributed by atoms with Gasteiger partial charge in [-0.15, -0.1) is 0 Å². The Balaban J connectivity index is 1.57. The molecule has 2 aromatic heterocycles. The third kappa shape index (κ3) is 3.48. The number of aryl methyl sites for hydroxylation is 2. The van der Waals surface area contributed by atoms with E-state index in [9.17, 15) is 4.79 Å². The van der Waals surface area contributed by atoms with Crippen LogP contribution in [-0.4, -0.2) is 52.0 Å². The van der Waals surface area contributed by atoms with Crippen LogP contribution in [0.15, 0.2) is 29.0 Å². The van der Waals surface area contributed by atoms with Crippen molar-refractivity contribution in [2.24, 2.45) is 0 Å². The number of carbonyl (C=O) groups is 1. The van der Waals surface area contributed by atoms with Gasteiger partial charge in [-0.05, 0) is 32.4 Å². The molecule has 24 heavy (non-hydrogen) atoms. The zero-order valence-corrected chi connectivity index (χ0v) is 14.5. The molecule has 1 atom stereocenters. The standard InChI is InChI=1S/C18H24N4O2/c1-13(17-14(2)20-24-15(17)3)18(23)22-9-7-21(8-10-22)12-16-5-4-6-19-11-16/h4-6,11,13H,7-10,12H2,1-3H3. The van der Waals surface area contributed by atoms with E-state index >= 15 is 0 Å². The van der Waals surface area contributed by atoms with Crippen molar-refractivity contribution in [1.29, 1.82) is 0 Å². The summed E-state index contributed by atoms with van der Waals surface area (Å²) < 4.78 is 5.20. The molecule has 2 aromatic rings. The Bertz CT molecular complexity index is 671. The molecule has 3 rings (SSSR count). The molecule has 0 N–H and O–H groups in total. The molecule has 0 radical (unpaired) electrons. The second-order valence-electron chi connectivity index (χ2n) is 6.42. The van der Waals surface area contributed by atoms with Gasteiger partial charge in [0.2, 0.25) is 5.91 Å². The highest BCUT2D eigenvalue weighted by Gasteiger charge is 2.29. The van der Waals surface area contributed by atoms with Gasteiger partial charge in [0, 0.05) is 50.7 Å². The van der Waals surface area contributed by atoms with Crippen molar-refractivity contribution in [3.63, 3.8) is 0 Å². The van der Waals surface area contributed by atoms with Crippen LogP contribution in [0.1, 0.15) is 35.4 Å². The van der Waals surface area contributed by atoms with E-state index in [2.05, 4.69) is 21.1 Å². The van der Waals surface area contributed by atoms with E-state index in [0.29, 0.717) is 0 Å². The summed E-state index contributed by atoms with van der Waals surface area (Å²) in [5.74, 6) is 0.690. The van der Waals surface area contributed by atoms with E-state index in [-0.39, 0.29) is 11.8 Å². The minimum atomic E-state index is -0.207. The highest BCUT2D eigenvalue weighted by Crippen LogP contribution is 2.25. The maximum atomic E-state index is 12.8. The highest BCUT2D eigenvalue weighted by atomic mass is 16.5. The maximum Gasteiger partial charge on any atom is 0.230 e. The lowest BCUT2D eigenvalue weighted by molar-refractivity contribution is -0.134. The number of nitrogens with zero attached hydrogens (tertiary/aromatic N) is 4. The molecule has 0 saturated carbocycles. The van der Waals surface area contributed by atoms with Crippen LogP contribution >= 0.6 is 0 Å². The number of hydrogen-bond acceptors (Lipinski definition) is 5. The van der Waals surface area contributed by atoms with Gasteiger partial charge in [0.1, 0.15) is 5.76 Å². The Kier molecular flexibility index (Phi) is 4.94. The minimum absolute atomic E-state index is 0.158. The number of hydrogen-bond donors (Lipinski definition) is 0. The Labute approximate surface area is 142 Å². The molecule has 1 saturated heterocycles. The summed E-state index contributed by atoms with van der Waals surface area (Å²) in [6.07, 6.45) is 3.69. The van der Waals surface area contributed by atoms with Gasteiger partial charge in [0.15, 0.2) is 0 Å². The van der Waals surface area contributed by atoms with Crippen LogP contribution in [0.3, 0.4) is 0 Å². The summed E-state index contributed by atoms with van der Waals surface area (Å²) in [4.78, 5) is 21.3. The molecule has 6 nitrogen and oxygen atoms in total. The maximum absolute atomic E-state index is 12.8. The number of rotatable bonds is 4. The molecular weight excluding hydrogens is 304 g/mol. The fourth-order valence-electron chi connectivity index (χ4n) is 3.38. The Hall–Kier alpha value is -2.21. The van der Waals surface area contributed by atoms with Crippen molar-refractivity contribution >= 4 is 5.91 Å². The molecule has 128 valence electrons. The van der Waals surface area contributed by atoms with Crippen LogP contribution in [0, 0.1) is 13.8 Å². The summed E-state index contributed by atoms with van der Waals surface area (Å²) in [6, 6.07) is 4.05. The Morgan fingerprint density at radius 1 is 1.29 bits per heavy atom. The van der Waals surface area contributed by atoms with E-state index in [1.165, 1.54) is 5.56 Å². The number of carbonyl (C=O) groups excluding carboxylic acids is 1. The first kappa shape index (κ1) is 16.6. The van der Waals surface area contributed by atoms with Crippen LogP contribution in [0.2, 0.25) is 0 Å². The molecule has 1 aliphatic heterocycles. The number of pyridine rings is 1. The highest BCUT2D eigenvalue weighted by molar-refractivity contribution is 5.84. The molecule has 0 aromatic carbocycles. The third-order valence-electron chi connectivity index (χ3n) is 4.70. The van der Waals surface area contributed by atoms with Crippen LogP contribution in [0.25, 0.3) is 0 Å². The summed E-state index contributed by atoms with van der Waals surface area (Å²) >= 11 is 0. The molecule has 1 unspecified atom stereocenters. The second kappa shape index (κ2) is 7.13. The van der Waals surface area contributed by atoms with Crippen molar-refractivity contribution in [1.82, 2.24) is 19.9 Å².